The van der Waals surface area contributed by atoms with E-state index in [0.29, 0.717) is 21.9 Å². The Morgan fingerprint density at radius 1 is 0.784 bits per heavy atom. The molecule has 2 aromatic carbocycles. The van der Waals surface area contributed by atoms with Crippen molar-refractivity contribution in [2.45, 2.75) is 12.8 Å². The number of ketones is 1. The van der Waals surface area contributed by atoms with E-state index in [0.717, 1.165) is 6.08 Å². The van der Waals surface area contributed by atoms with Gasteiger partial charge in [0.2, 0.25) is 0 Å². The van der Waals surface area contributed by atoms with Crippen molar-refractivity contribution in [2.75, 3.05) is 13.3 Å². The van der Waals surface area contributed by atoms with Crippen LogP contribution in [0.5, 0.6) is 0 Å². The zero-order valence-electron chi connectivity index (χ0n) is 19.6. The molecule has 8 heteroatoms. The summed E-state index contributed by atoms with van der Waals surface area (Å²) in [6.07, 6.45) is 6.33. The first kappa shape index (κ1) is 25.5. The molecule has 0 aliphatic carbocycles. The maximum atomic E-state index is 12.6. The number of rotatable bonds is 9. The van der Waals surface area contributed by atoms with Crippen LogP contribution in [0.25, 0.3) is 34.1 Å². The molecule has 0 atom stereocenters. The number of alkyl halides is 2. The third-order valence-electron chi connectivity index (χ3n) is 5.60. The van der Waals surface area contributed by atoms with Gasteiger partial charge >= 0.3 is 11.3 Å². The third kappa shape index (κ3) is 5.98. The molecule has 6 nitrogen and oxygen atoms in total. The van der Waals surface area contributed by atoms with Gasteiger partial charge in [0.25, 0.3) is 0 Å². The van der Waals surface area contributed by atoms with Crippen LogP contribution in [0.4, 0.5) is 8.78 Å². The van der Waals surface area contributed by atoms with Gasteiger partial charge in [-0.05, 0) is 36.4 Å². The first-order valence-corrected chi connectivity index (χ1v) is 11.4. The van der Waals surface area contributed by atoms with Crippen molar-refractivity contribution < 1.29 is 27.5 Å². The first-order chi connectivity index (χ1) is 17.9. The minimum absolute atomic E-state index is 0.0391. The summed E-state index contributed by atoms with van der Waals surface area (Å²) in [4.78, 5) is 36.5. The molecule has 0 aliphatic rings. The van der Waals surface area contributed by atoms with Gasteiger partial charge in [0.15, 0.2) is 5.78 Å². The zero-order chi connectivity index (χ0) is 26.4. The van der Waals surface area contributed by atoms with Crippen molar-refractivity contribution in [3.63, 3.8) is 0 Å². The maximum Gasteiger partial charge on any atom is 0.339 e. The largest absolute Gasteiger partial charge is 0.508 e. The van der Waals surface area contributed by atoms with Crippen molar-refractivity contribution >= 4 is 39.9 Å². The Balaban J connectivity index is 1.54. The molecule has 188 valence electrons. The summed E-state index contributed by atoms with van der Waals surface area (Å²) in [7, 11) is 0. The van der Waals surface area contributed by atoms with Gasteiger partial charge in [0.05, 0.1) is 13.3 Å². The highest BCUT2D eigenvalue weighted by Crippen LogP contribution is 2.21. The summed E-state index contributed by atoms with van der Waals surface area (Å²) in [5, 5.41) is 11.4. The Morgan fingerprint density at radius 2 is 1.27 bits per heavy atom. The van der Waals surface area contributed by atoms with Crippen LogP contribution in [-0.2, 0) is 17.6 Å². The molecule has 0 aliphatic heterocycles. The summed E-state index contributed by atoms with van der Waals surface area (Å²) < 4.78 is 36.0. The lowest BCUT2D eigenvalue weighted by atomic mass is 10.1. The molecule has 0 spiro atoms. The number of aryl methyl sites for hydroxylation is 2. The SMILES string of the molecule is O=C(/C=C(O)/C=C/c1cccc2cc(CCF)c(=O)oc12)/C=C/c1cccc2cc(CCF)c(=O)oc12. The first-order valence-electron chi connectivity index (χ1n) is 11.4. The molecule has 0 saturated carbocycles. The van der Waals surface area contributed by atoms with E-state index >= 15 is 0 Å². The number of hydrogen-bond donors (Lipinski definition) is 1. The second kappa shape index (κ2) is 11.4. The predicted molar refractivity (Wildman–Crippen MR) is 138 cm³/mol. The highest BCUT2D eigenvalue weighted by Gasteiger charge is 2.09. The topological polar surface area (TPSA) is 97.7 Å². The smallest absolute Gasteiger partial charge is 0.339 e. The molecule has 0 unspecified atom stereocenters. The van der Waals surface area contributed by atoms with Crippen molar-refractivity contribution in [1.82, 2.24) is 0 Å². The number of aliphatic hydroxyl groups is 1. The fourth-order valence-corrected chi connectivity index (χ4v) is 3.82. The molecule has 0 fully saturated rings. The van der Waals surface area contributed by atoms with Crippen molar-refractivity contribution in [3.05, 3.63) is 116 Å². The molecule has 37 heavy (non-hydrogen) atoms. The number of fused-ring (bicyclic) bond motifs is 2. The molecule has 0 amide bonds. The van der Waals surface area contributed by atoms with E-state index in [2.05, 4.69) is 0 Å². The molecular formula is C29H22F2O6. The lowest BCUT2D eigenvalue weighted by Gasteiger charge is -2.03. The van der Waals surface area contributed by atoms with Gasteiger partial charge in [-0.3, -0.25) is 13.6 Å². The van der Waals surface area contributed by atoms with Gasteiger partial charge in [-0.1, -0.05) is 36.4 Å². The van der Waals surface area contributed by atoms with Crippen LogP contribution in [-0.4, -0.2) is 24.2 Å². The number of allylic oxidation sites excluding steroid dienone is 3. The van der Waals surface area contributed by atoms with Crippen LogP contribution in [0.3, 0.4) is 0 Å². The molecule has 4 rings (SSSR count). The summed E-state index contributed by atoms with van der Waals surface area (Å²) in [5.74, 6) is -0.876. The Labute approximate surface area is 209 Å². The number of halogens is 2. The molecule has 4 aromatic rings. The number of aliphatic hydroxyl groups excluding tert-OH is 1. The van der Waals surface area contributed by atoms with E-state index in [4.69, 9.17) is 8.83 Å². The van der Waals surface area contributed by atoms with Gasteiger partial charge < -0.3 is 13.9 Å². The van der Waals surface area contributed by atoms with Crippen LogP contribution >= 0.6 is 0 Å². The molecule has 2 aromatic heterocycles. The second-order valence-electron chi connectivity index (χ2n) is 8.17. The van der Waals surface area contributed by atoms with Crippen LogP contribution in [0.1, 0.15) is 22.3 Å². The van der Waals surface area contributed by atoms with Crippen LogP contribution in [0.2, 0.25) is 0 Å². The number of para-hydroxylation sites is 2. The van der Waals surface area contributed by atoms with Crippen molar-refractivity contribution in [1.29, 1.82) is 0 Å². The van der Waals surface area contributed by atoms with Crippen molar-refractivity contribution in [3.8, 4) is 0 Å². The number of carbonyl (C=O) groups excluding carboxylic acids is 1. The third-order valence-corrected chi connectivity index (χ3v) is 5.60. The van der Waals surface area contributed by atoms with Crippen LogP contribution < -0.4 is 11.3 Å². The molecule has 0 radical (unpaired) electrons. The lowest BCUT2D eigenvalue weighted by Crippen LogP contribution is -2.08. The van der Waals surface area contributed by atoms with Crippen LogP contribution in [0.15, 0.2) is 90.9 Å². The van der Waals surface area contributed by atoms with E-state index < -0.39 is 30.4 Å². The number of carbonyl (C=O) groups is 1. The standard InChI is InChI=1S/C29H22F2O6/c30-13-11-22-15-20-5-1-3-18(26(20)36-28(22)34)7-9-24(32)17-25(33)10-8-19-4-2-6-21-16-23(12-14-31)29(35)37-27(19)21/h1-10,15-17,32H,11-14H2/b9-7+,10-8+,24-17-. The predicted octanol–water partition coefficient (Wildman–Crippen LogP) is 5.66. The highest BCUT2D eigenvalue weighted by atomic mass is 19.1. The summed E-state index contributed by atoms with van der Waals surface area (Å²) in [6, 6.07) is 13.3. The Hall–Kier alpha value is -4.59. The molecular weight excluding hydrogens is 482 g/mol. The van der Waals surface area contributed by atoms with Gasteiger partial charge in [-0.2, -0.15) is 0 Å². The minimum Gasteiger partial charge on any atom is -0.508 e. The quantitative estimate of drug-likeness (QED) is 0.137. The molecule has 1 N–H and O–H groups in total. The fraction of sp³-hybridized carbons (Fsp3) is 0.138. The van der Waals surface area contributed by atoms with E-state index in [1.165, 1.54) is 24.3 Å². The Kier molecular flexibility index (Phi) is 7.88. The Bertz CT molecular complexity index is 1670. The number of benzene rings is 2. The molecule has 0 saturated heterocycles. The molecule has 0 bridgehead atoms. The normalized spacial score (nSPS) is 12.3. The van der Waals surface area contributed by atoms with Gasteiger partial charge in [0, 0.05) is 51.9 Å². The van der Waals surface area contributed by atoms with Gasteiger partial charge in [-0.25, -0.2) is 9.59 Å². The van der Waals surface area contributed by atoms with E-state index in [-0.39, 0.29) is 40.9 Å². The monoisotopic (exact) mass is 504 g/mol. The average Bonchev–Trinajstić information content (AvgIpc) is 2.87. The minimum atomic E-state index is -0.676. The highest BCUT2D eigenvalue weighted by molar-refractivity contribution is 6.03. The van der Waals surface area contributed by atoms with E-state index in [1.54, 1.807) is 48.5 Å². The lowest BCUT2D eigenvalue weighted by molar-refractivity contribution is -0.110. The fourth-order valence-electron chi connectivity index (χ4n) is 3.82. The van der Waals surface area contributed by atoms with Gasteiger partial charge in [-0.15, -0.1) is 0 Å². The summed E-state index contributed by atoms with van der Waals surface area (Å²) in [6.45, 7) is -1.35. The van der Waals surface area contributed by atoms with Crippen LogP contribution in [0, 0.1) is 0 Å². The molecule has 2 heterocycles. The summed E-state index contributed by atoms with van der Waals surface area (Å²) >= 11 is 0. The summed E-state index contributed by atoms with van der Waals surface area (Å²) in [5.41, 5.74) is 0.701. The van der Waals surface area contributed by atoms with Gasteiger partial charge in [0.1, 0.15) is 16.9 Å². The average molecular weight is 504 g/mol. The van der Waals surface area contributed by atoms with Crippen molar-refractivity contribution in [2.24, 2.45) is 0 Å². The second-order valence-corrected chi connectivity index (χ2v) is 8.17. The Morgan fingerprint density at radius 3 is 1.76 bits per heavy atom. The van der Waals surface area contributed by atoms with E-state index in [1.807, 2.05) is 0 Å². The number of hydrogen-bond acceptors (Lipinski definition) is 6. The van der Waals surface area contributed by atoms with E-state index in [9.17, 15) is 28.3 Å². The maximum absolute atomic E-state index is 12.6. The zero-order valence-corrected chi connectivity index (χ0v) is 19.6.